The number of carbonyl (C=O) groups excluding carboxylic acids is 1. The highest BCUT2D eigenvalue weighted by Crippen LogP contribution is 2.31. The van der Waals surface area contributed by atoms with Gasteiger partial charge in [0.25, 0.3) is 0 Å². The van der Waals surface area contributed by atoms with E-state index in [2.05, 4.69) is 5.32 Å². The minimum absolute atomic E-state index is 0.0609. The van der Waals surface area contributed by atoms with Crippen LogP contribution in [0.1, 0.15) is 25.7 Å². The molecule has 1 rings (SSSR count). The van der Waals surface area contributed by atoms with Crippen molar-refractivity contribution in [1.29, 1.82) is 0 Å². The molecule has 106 valence electrons. The van der Waals surface area contributed by atoms with E-state index in [4.69, 9.17) is 10.5 Å². The molecule has 1 fully saturated rings. The Balaban J connectivity index is 2.33. The van der Waals surface area contributed by atoms with Gasteiger partial charge >= 0.3 is 6.18 Å². The SMILES string of the molecule is COC1CC(NC(=O)CC(CCN)C(F)(F)F)C1. The molecule has 0 aliphatic heterocycles. The van der Waals surface area contributed by atoms with Gasteiger partial charge in [-0.1, -0.05) is 0 Å². The summed E-state index contributed by atoms with van der Waals surface area (Å²) in [6.07, 6.45) is -3.70. The number of nitrogens with one attached hydrogen (secondary N) is 1. The van der Waals surface area contributed by atoms with E-state index >= 15 is 0 Å². The Morgan fingerprint density at radius 2 is 2.11 bits per heavy atom. The number of halogens is 3. The van der Waals surface area contributed by atoms with Crippen LogP contribution >= 0.6 is 0 Å². The molecule has 1 atom stereocenters. The Hall–Kier alpha value is -0.820. The molecule has 1 unspecified atom stereocenters. The Morgan fingerprint density at radius 1 is 1.50 bits per heavy atom. The molecule has 0 aromatic carbocycles. The lowest BCUT2D eigenvalue weighted by atomic mass is 9.89. The first-order valence-corrected chi connectivity index (χ1v) is 5.95. The highest BCUT2D eigenvalue weighted by molar-refractivity contribution is 5.76. The molecular weight excluding hydrogens is 249 g/mol. The van der Waals surface area contributed by atoms with E-state index in [1.165, 1.54) is 0 Å². The molecule has 1 amide bonds. The van der Waals surface area contributed by atoms with E-state index in [0.29, 0.717) is 12.8 Å². The Bertz CT molecular complexity index is 278. The smallest absolute Gasteiger partial charge is 0.381 e. The number of carbonyl (C=O) groups is 1. The van der Waals surface area contributed by atoms with E-state index in [1.807, 2.05) is 0 Å². The summed E-state index contributed by atoms with van der Waals surface area (Å²) in [5.41, 5.74) is 5.13. The van der Waals surface area contributed by atoms with Crippen molar-refractivity contribution < 1.29 is 22.7 Å². The lowest BCUT2D eigenvalue weighted by Gasteiger charge is -2.35. The zero-order valence-electron chi connectivity index (χ0n) is 10.3. The number of rotatable bonds is 6. The summed E-state index contributed by atoms with van der Waals surface area (Å²) >= 11 is 0. The third kappa shape index (κ3) is 4.45. The number of hydrogen-bond donors (Lipinski definition) is 2. The summed E-state index contributed by atoms with van der Waals surface area (Å²) < 4.78 is 42.7. The maximum Gasteiger partial charge on any atom is 0.392 e. The summed E-state index contributed by atoms with van der Waals surface area (Å²) in [6, 6.07) is -0.0609. The molecule has 7 heteroatoms. The predicted molar refractivity (Wildman–Crippen MR) is 59.8 cm³/mol. The van der Waals surface area contributed by atoms with Crippen LogP contribution in [-0.4, -0.2) is 37.9 Å². The molecule has 0 saturated heterocycles. The van der Waals surface area contributed by atoms with Gasteiger partial charge in [0.05, 0.1) is 12.0 Å². The average Bonchev–Trinajstić information content (AvgIpc) is 2.20. The first-order chi connectivity index (χ1) is 8.36. The number of ether oxygens (including phenoxy) is 1. The van der Waals surface area contributed by atoms with Crippen LogP contribution in [0.25, 0.3) is 0 Å². The molecule has 3 N–H and O–H groups in total. The zero-order valence-corrected chi connectivity index (χ0v) is 10.3. The average molecular weight is 268 g/mol. The second-order valence-electron chi connectivity index (χ2n) is 4.61. The van der Waals surface area contributed by atoms with Crippen LogP contribution in [0.2, 0.25) is 0 Å². The summed E-state index contributed by atoms with van der Waals surface area (Å²) in [5.74, 6) is -2.22. The van der Waals surface area contributed by atoms with E-state index in [0.717, 1.165) is 0 Å². The summed E-state index contributed by atoms with van der Waals surface area (Å²) in [4.78, 5) is 11.5. The number of hydrogen-bond acceptors (Lipinski definition) is 3. The van der Waals surface area contributed by atoms with Crippen molar-refractivity contribution in [3.63, 3.8) is 0 Å². The van der Waals surface area contributed by atoms with Crippen LogP contribution in [0.15, 0.2) is 0 Å². The molecule has 1 aliphatic carbocycles. The van der Waals surface area contributed by atoms with Crippen LogP contribution in [-0.2, 0) is 9.53 Å². The van der Waals surface area contributed by atoms with Crippen LogP contribution in [0.3, 0.4) is 0 Å². The molecule has 0 radical (unpaired) electrons. The van der Waals surface area contributed by atoms with Crippen LogP contribution in [0.4, 0.5) is 13.2 Å². The normalized spacial score (nSPS) is 25.4. The number of nitrogens with two attached hydrogens (primary N) is 1. The summed E-state index contributed by atoms with van der Waals surface area (Å²) in [6.45, 7) is -0.0768. The van der Waals surface area contributed by atoms with Gasteiger partial charge < -0.3 is 15.8 Å². The predicted octanol–water partition coefficient (Wildman–Crippen LogP) is 1.20. The first kappa shape index (κ1) is 15.2. The molecule has 18 heavy (non-hydrogen) atoms. The fourth-order valence-electron chi connectivity index (χ4n) is 1.97. The lowest BCUT2D eigenvalue weighted by Crippen LogP contribution is -2.48. The third-order valence-electron chi connectivity index (χ3n) is 3.20. The number of methoxy groups -OCH3 is 1. The van der Waals surface area contributed by atoms with Crippen LogP contribution in [0, 0.1) is 5.92 Å². The Labute approximate surface area is 104 Å². The monoisotopic (exact) mass is 268 g/mol. The Kier molecular flexibility index (Phi) is 5.40. The van der Waals surface area contributed by atoms with Crippen molar-refractivity contribution >= 4 is 5.91 Å². The summed E-state index contributed by atoms with van der Waals surface area (Å²) in [5, 5.41) is 2.58. The van der Waals surface area contributed by atoms with Gasteiger partial charge in [0.2, 0.25) is 5.91 Å². The van der Waals surface area contributed by atoms with Crippen LogP contribution in [0.5, 0.6) is 0 Å². The number of alkyl halides is 3. The molecule has 0 heterocycles. The quantitative estimate of drug-likeness (QED) is 0.760. The van der Waals surface area contributed by atoms with E-state index in [-0.39, 0.29) is 25.1 Å². The number of amides is 1. The second kappa shape index (κ2) is 6.38. The molecule has 4 nitrogen and oxygen atoms in total. The zero-order chi connectivity index (χ0) is 13.8. The van der Waals surface area contributed by atoms with Gasteiger partial charge in [-0.05, 0) is 25.8 Å². The third-order valence-corrected chi connectivity index (χ3v) is 3.20. The van der Waals surface area contributed by atoms with Crippen LogP contribution < -0.4 is 11.1 Å². The van der Waals surface area contributed by atoms with Gasteiger partial charge in [-0.3, -0.25) is 4.79 Å². The maximum atomic E-state index is 12.6. The minimum Gasteiger partial charge on any atom is -0.381 e. The van der Waals surface area contributed by atoms with Crippen molar-refractivity contribution in [2.45, 2.75) is 44.0 Å². The molecule has 1 saturated carbocycles. The molecule has 0 aromatic rings. The topological polar surface area (TPSA) is 64.3 Å². The molecule has 0 aromatic heterocycles. The Morgan fingerprint density at radius 3 is 2.56 bits per heavy atom. The van der Waals surface area contributed by atoms with Crippen molar-refractivity contribution in [2.24, 2.45) is 11.7 Å². The van der Waals surface area contributed by atoms with Gasteiger partial charge in [0.15, 0.2) is 0 Å². The van der Waals surface area contributed by atoms with Gasteiger partial charge in [-0.15, -0.1) is 0 Å². The molecule has 0 spiro atoms. The van der Waals surface area contributed by atoms with E-state index < -0.39 is 24.4 Å². The minimum atomic E-state index is -4.37. The largest absolute Gasteiger partial charge is 0.392 e. The van der Waals surface area contributed by atoms with Crippen molar-refractivity contribution in [3.05, 3.63) is 0 Å². The highest BCUT2D eigenvalue weighted by Gasteiger charge is 2.40. The highest BCUT2D eigenvalue weighted by atomic mass is 19.4. The van der Waals surface area contributed by atoms with Crippen molar-refractivity contribution in [2.75, 3.05) is 13.7 Å². The maximum absolute atomic E-state index is 12.6. The summed E-state index contributed by atoms with van der Waals surface area (Å²) in [7, 11) is 1.57. The van der Waals surface area contributed by atoms with Crippen molar-refractivity contribution in [3.8, 4) is 0 Å². The van der Waals surface area contributed by atoms with Crippen molar-refractivity contribution in [1.82, 2.24) is 5.32 Å². The molecule has 0 bridgehead atoms. The van der Waals surface area contributed by atoms with Gasteiger partial charge in [-0.2, -0.15) is 13.2 Å². The van der Waals surface area contributed by atoms with Gasteiger partial charge in [0, 0.05) is 19.6 Å². The fraction of sp³-hybridized carbons (Fsp3) is 0.909. The molecule has 1 aliphatic rings. The first-order valence-electron chi connectivity index (χ1n) is 5.95. The second-order valence-corrected chi connectivity index (χ2v) is 4.61. The fourth-order valence-corrected chi connectivity index (χ4v) is 1.97. The van der Waals surface area contributed by atoms with E-state index in [1.54, 1.807) is 7.11 Å². The standard InChI is InChI=1S/C11H19F3N2O2/c1-18-9-5-8(6-9)16-10(17)4-7(2-3-15)11(12,13)14/h7-9H,2-6,15H2,1H3,(H,16,17). The lowest BCUT2D eigenvalue weighted by molar-refractivity contribution is -0.180. The van der Waals surface area contributed by atoms with Gasteiger partial charge in [0.1, 0.15) is 0 Å². The van der Waals surface area contributed by atoms with E-state index in [9.17, 15) is 18.0 Å². The van der Waals surface area contributed by atoms with Gasteiger partial charge in [-0.25, -0.2) is 0 Å². The molecular formula is C11H19F3N2O2.